The molecular weight excluding hydrogens is 348 g/mol. The molecule has 0 aliphatic carbocycles. The van der Waals surface area contributed by atoms with Crippen LogP contribution >= 0.6 is 11.8 Å². The molecular formula is C18H16N6OS. The first-order chi connectivity index (χ1) is 12.7. The second-order valence-electron chi connectivity index (χ2n) is 5.77. The number of rotatable bonds is 5. The summed E-state index contributed by atoms with van der Waals surface area (Å²) in [7, 11) is 1.93. The van der Waals surface area contributed by atoms with Crippen LogP contribution in [0.1, 0.15) is 11.5 Å². The Balaban J connectivity index is 1.47. The van der Waals surface area contributed by atoms with Gasteiger partial charge in [0.1, 0.15) is 0 Å². The number of aryl methyl sites for hydroxylation is 1. The van der Waals surface area contributed by atoms with Crippen LogP contribution in [0.15, 0.2) is 58.5 Å². The number of thioether (sulfide) groups is 1. The van der Waals surface area contributed by atoms with Crippen molar-refractivity contribution in [2.75, 3.05) is 0 Å². The van der Waals surface area contributed by atoms with Crippen LogP contribution < -0.4 is 0 Å². The second kappa shape index (κ2) is 7.09. The van der Waals surface area contributed by atoms with Gasteiger partial charge in [-0.05, 0) is 19.1 Å². The van der Waals surface area contributed by atoms with Crippen molar-refractivity contribution in [1.29, 1.82) is 0 Å². The molecule has 4 aromatic rings. The maximum absolute atomic E-state index is 5.35. The third kappa shape index (κ3) is 3.36. The summed E-state index contributed by atoms with van der Waals surface area (Å²) in [6.45, 7) is 2.04. The average Bonchev–Trinajstić information content (AvgIpc) is 3.28. The third-order valence-corrected chi connectivity index (χ3v) is 4.88. The zero-order chi connectivity index (χ0) is 17.9. The van der Waals surface area contributed by atoms with Crippen LogP contribution in [0.5, 0.6) is 0 Å². The highest BCUT2D eigenvalue weighted by atomic mass is 32.2. The summed E-state index contributed by atoms with van der Waals surface area (Å²) in [5.74, 6) is 2.47. The van der Waals surface area contributed by atoms with Crippen LogP contribution in [0.3, 0.4) is 0 Å². The fourth-order valence-electron chi connectivity index (χ4n) is 2.45. The van der Waals surface area contributed by atoms with Crippen LogP contribution in [0.25, 0.3) is 22.8 Å². The van der Waals surface area contributed by atoms with Crippen LogP contribution in [0.4, 0.5) is 0 Å². The van der Waals surface area contributed by atoms with Crippen molar-refractivity contribution in [3.05, 3.63) is 60.2 Å². The van der Waals surface area contributed by atoms with Crippen molar-refractivity contribution in [3.63, 3.8) is 0 Å². The molecule has 0 fully saturated rings. The SMILES string of the molecule is Cc1ccc(-c2noc(CSc3nnc(-c4ccncc4)n3C)n2)cc1. The number of nitrogens with zero attached hydrogens (tertiary/aromatic N) is 6. The number of pyridine rings is 1. The van der Waals surface area contributed by atoms with E-state index < -0.39 is 0 Å². The highest BCUT2D eigenvalue weighted by molar-refractivity contribution is 7.98. The van der Waals surface area contributed by atoms with Gasteiger partial charge in [-0.15, -0.1) is 10.2 Å². The van der Waals surface area contributed by atoms with E-state index in [1.807, 2.05) is 54.9 Å². The van der Waals surface area contributed by atoms with Gasteiger partial charge in [-0.3, -0.25) is 4.98 Å². The van der Waals surface area contributed by atoms with Gasteiger partial charge in [0.2, 0.25) is 11.7 Å². The van der Waals surface area contributed by atoms with E-state index in [0.717, 1.165) is 22.1 Å². The minimum absolute atomic E-state index is 0.529. The summed E-state index contributed by atoms with van der Waals surface area (Å²) in [5.41, 5.74) is 3.11. The molecule has 0 saturated heterocycles. The quantitative estimate of drug-likeness (QED) is 0.501. The minimum Gasteiger partial charge on any atom is -0.338 e. The monoisotopic (exact) mass is 364 g/mol. The van der Waals surface area contributed by atoms with Gasteiger partial charge in [-0.2, -0.15) is 4.98 Å². The predicted octanol–water partition coefficient (Wildman–Crippen LogP) is 3.53. The summed E-state index contributed by atoms with van der Waals surface area (Å²) < 4.78 is 7.30. The molecule has 4 rings (SSSR count). The summed E-state index contributed by atoms with van der Waals surface area (Å²) in [6.07, 6.45) is 3.48. The Kier molecular flexibility index (Phi) is 4.49. The first kappa shape index (κ1) is 16.5. The Morgan fingerprint density at radius 1 is 1.00 bits per heavy atom. The molecule has 0 amide bonds. The number of aromatic nitrogens is 6. The van der Waals surface area contributed by atoms with Crippen LogP contribution in [0, 0.1) is 6.92 Å². The molecule has 0 aliphatic rings. The van der Waals surface area contributed by atoms with E-state index in [1.54, 1.807) is 12.4 Å². The van der Waals surface area contributed by atoms with Gasteiger partial charge >= 0.3 is 0 Å². The lowest BCUT2D eigenvalue weighted by Gasteiger charge is -2.02. The van der Waals surface area contributed by atoms with Gasteiger partial charge in [0.25, 0.3) is 0 Å². The lowest BCUT2D eigenvalue weighted by atomic mass is 10.1. The van der Waals surface area contributed by atoms with E-state index in [4.69, 9.17) is 4.52 Å². The molecule has 0 bridgehead atoms. The molecule has 3 aromatic heterocycles. The van der Waals surface area contributed by atoms with Crippen molar-refractivity contribution in [2.45, 2.75) is 17.8 Å². The molecule has 0 radical (unpaired) electrons. The van der Waals surface area contributed by atoms with Crippen molar-refractivity contribution in [3.8, 4) is 22.8 Å². The molecule has 130 valence electrons. The highest BCUT2D eigenvalue weighted by Gasteiger charge is 2.14. The molecule has 26 heavy (non-hydrogen) atoms. The normalized spacial score (nSPS) is 11.0. The molecule has 0 saturated carbocycles. The van der Waals surface area contributed by atoms with E-state index in [9.17, 15) is 0 Å². The molecule has 0 spiro atoms. The zero-order valence-electron chi connectivity index (χ0n) is 14.3. The largest absolute Gasteiger partial charge is 0.338 e. The summed E-state index contributed by atoms with van der Waals surface area (Å²) in [6, 6.07) is 11.8. The topological polar surface area (TPSA) is 82.5 Å². The Morgan fingerprint density at radius 3 is 2.54 bits per heavy atom. The molecule has 0 aliphatic heterocycles. The maximum Gasteiger partial charge on any atom is 0.237 e. The van der Waals surface area contributed by atoms with Crippen LogP contribution in [-0.2, 0) is 12.8 Å². The lowest BCUT2D eigenvalue weighted by Crippen LogP contribution is -1.95. The van der Waals surface area contributed by atoms with Crippen molar-refractivity contribution in [1.82, 2.24) is 29.9 Å². The number of benzene rings is 1. The van der Waals surface area contributed by atoms with Gasteiger partial charge < -0.3 is 9.09 Å². The standard InChI is InChI=1S/C18H16N6OS/c1-12-3-5-13(6-4-12)16-20-15(25-23-16)11-26-18-22-21-17(24(18)2)14-7-9-19-10-8-14/h3-10H,11H2,1-2H3. The first-order valence-electron chi connectivity index (χ1n) is 8.03. The summed E-state index contributed by atoms with van der Waals surface area (Å²) in [4.78, 5) is 8.48. The second-order valence-corrected chi connectivity index (χ2v) is 6.71. The zero-order valence-corrected chi connectivity index (χ0v) is 15.1. The smallest absolute Gasteiger partial charge is 0.237 e. The summed E-state index contributed by atoms with van der Waals surface area (Å²) in [5, 5.41) is 13.3. The van der Waals surface area contributed by atoms with Crippen LogP contribution in [-0.4, -0.2) is 29.9 Å². The molecule has 7 nitrogen and oxygen atoms in total. The molecule has 0 N–H and O–H groups in total. The molecule has 8 heteroatoms. The average molecular weight is 364 g/mol. The molecule has 1 aromatic carbocycles. The minimum atomic E-state index is 0.529. The third-order valence-electron chi connectivity index (χ3n) is 3.88. The lowest BCUT2D eigenvalue weighted by molar-refractivity contribution is 0.391. The Bertz CT molecular complexity index is 1010. The molecule has 3 heterocycles. The van der Waals surface area contributed by atoms with Crippen molar-refractivity contribution < 1.29 is 4.52 Å². The highest BCUT2D eigenvalue weighted by Crippen LogP contribution is 2.25. The van der Waals surface area contributed by atoms with E-state index in [0.29, 0.717) is 17.5 Å². The van der Waals surface area contributed by atoms with Gasteiger partial charge in [-0.1, -0.05) is 46.7 Å². The summed E-state index contributed by atoms with van der Waals surface area (Å²) >= 11 is 1.50. The Labute approximate surface area is 154 Å². The molecule has 0 atom stereocenters. The van der Waals surface area contributed by atoms with E-state index in [1.165, 1.54) is 17.3 Å². The van der Waals surface area contributed by atoms with Crippen molar-refractivity contribution >= 4 is 11.8 Å². The van der Waals surface area contributed by atoms with Crippen molar-refractivity contribution in [2.24, 2.45) is 7.05 Å². The van der Waals surface area contributed by atoms with E-state index >= 15 is 0 Å². The Morgan fingerprint density at radius 2 is 1.77 bits per heavy atom. The van der Waals surface area contributed by atoms with Gasteiger partial charge in [-0.25, -0.2) is 0 Å². The fraction of sp³-hybridized carbons (Fsp3) is 0.167. The fourth-order valence-corrected chi connectivity index (χ4v) is 3.20. The van der Waals surface area contributed by atoms with E-state index in [-0.39, 0.29) is 0 Å². The van der Waals surface area contributed by atoms with Gasteiger partial charge in [0.15, 0.2) is 11.0 Å². The predicted molar refractivity (Wildman–Crippen MR) is 98.3 cm³/mol. The van der Waals surface area contributed by atoms with E-state index in [2.05, 4.69) is 25.3 Å². The number of hydrogen-bond acceptors (Lipinski definition) is 7. The Hall–Kier alpha value is -3.00. The molecule has 0 unspecified atom stereocenters. The first-order valence-corrected chi connectivity index (χ1v) is 9.01. The van der Waals surface area contributed by atoms with Crippen LogP contribution in [0.2, 0.25) is 0 Å². The van der Waals surface area contributed by atoms with Gasteiger partial charge in [0, 0.05) is 30.6 Å². The number of hydrogen-bond donors (Lipinski definition) is 0. The van der Waals surface area contributed by atoms with Gasteiger partial charge in [0.05, 0.1) is 5.75 Å². The maximum atomic E-state index is 5.35.